The van der Waals surface area contributed by atoms with E-state index in [4.69, 9.17) is 4.74 Å². The van der Waals surface area contributed by atoms with E-state index in [0.717, 1.165) is 18.4 Å². The van der Waals surface area contributed by atoms with Crippen molar-refractivity contribution < 1.29 is 4.74 Å². The molecule has 0 amide bonds. The highest BCUT2D eigenvalue weighted by Gasteiger charge is 2.09. The van der Waals surface area contributed by atoms with E-state index >= 15 is 0 Å². The van der Waals surface area contributed by atoms with Gasteiger partial charge in [0.2, 0.25) is 5.88 Å². The first-order valence-corrected chi connectivity index (χ1v) is 7.69. The maximum Gasteiger partial charge on any atom is 0.249 e. The van der Waals surface area contributed by atoms with Crippen LogP contribution in [0.15, 0.2) is 48.7 Å². The third kappa shape index (κ3) is 3.83. The molecule has 2 heterocycles. The van der Waals surface area contributed by atoms with Crippen LogP contribution in [-0.4, -0.2) is 21.6 Å². The Hall–Kier alpha value is -2.93. The van der Waals surface area contributed by atoms with Crippen molar-refractivity contribution in [1.29, 1.82) is 0 Å². The minimum Gasteiger partial charge on any atom is -0.476 e. The Bertz CT molecular complexity index is 851. The Kier molecular flexibility index (Phi) is 4.80. The van der Waals surface area contributed by atoms with Gasteiger partial charge in [-0.25, -0.2) is 15.0 Å². The second-order valence-corrected chi connectivity index (χ2v) is 5.04. The van der Waals surface area contributed by atoms with Gasteiger partial charge in [-0.05, 0) is 36.6 Å². The van der Waals surface area contributed by atoms with Gasteiger partial charge in [-0.2, -0.15) is 0 Å². The van der Waals surface area contributed by atoms with E-state index in [-0.39, 0.29) is 0 Å². The molecule has 0 aliphatic heterocycles. The van der Waals surface area contributed by atoms with E-state index in [9.17, 15) is 0 Å². The number of unbranched alkanes of at least 4 members (excludes halogenated alkanes) is 1. The smallest absolute Gasteiger partial charge is 0.249 e. The molecule has 0 saturated carbocycles. The zero-order valence-corrected chi connectivity index (χ0v) is 13.0. The maximum absolute atomic E-state index is 5.77. The van der Waals surface area contributed by atoms with Crippen molar-refractivity contribution in [1.82, 2.24) is 15.0 Å². The highest BCUT2D eigenvalue weighted by Crippen LogP contribution is 2.17. The normalized spacial score (nSPS) is 10.1. The number of hydrogen-bond acceptors (Lipinski definition) is 4. The molecule has 0 radical (unpaired) electrons. The van der Waals surface area contributed by atoms with Crippen LogP contribution < -0.4 is 4.74 Å². The second-order valence-electron chi connectivity index (χ2n) is 5.04. The molecule has 0 atom stereocenters. The van der Waals surface area contributed by atoms with E-state index in [1.807, 2.05) is 42.5 Å². The summed E-state index contributed by atoms with van der Waals surface area (Å²) in [6.07, 6.45) is 3.73. The van der Waals surface area contributed by atoms with Gasteiger partial charge in [-0.3, -0.25) is 0 Å². The largest absolute Gasteiger partial charge is 0.476 e. The van der Waals surface area contributed by atoms with Gasteiger partial charge in [0.25, 0.3) is 0 Å². The van der Waals surface area contributed by atoms with Gasteiger partial charge in [0.15, 0.2) is 11.3 Å². The lowest BCUT2D eigenvalue weighted by Gasteiger charge is -2.07. The van der Waals surface area contributed by atoms with Crippen LogP contribution in [0.1, 0.15) is 31.0 Å². The van der Waals surface area contributed by atoms with Crippen molar-refractivity contribution in [2.24, 2.45) is 0 Å². The summed E-state index contributed by atoms with van der Waals surface area (Å²) < 4.78 is 5.77. The lowest BCUT2D eigenvalue weighted by atomic mass is 10.2. The van der Waals surface area contributed by atoms with E-state index < -0.39 is 0 Å². The number of ether oxygens (including phenoxy) is 1. The molecule has 0 fully saturated rings. The number of aromatic nitrogens is 3. The molecule has 0 aliphatic carbocycles. The lowest BCUT2D eigenvalue weighted by molar-refractivity contribution is 0.296. The fourth-order valence-corrected chi connectivity index (χ4v) is 2.03. The summed E-state index contributed by atoms with van der Waals surface area (Å²) >= 11 is 0. The fourth-order valence-electron chi connectivity index (χ4n) is 2.03. The van der Waals surface area contributed by atoms with Gasteiger partial charge in [0.05, 0.1) is 6.61 Å². The van der Waals surface area contributed by atoms with Gasteiger partial charge >= 0.3 is 0 Å². The molecule has 114 valence electrons. The Morgan fingerprint density at radius 3 is 2.70 bits per heavy atom. The van der Waals surface area contributed by atoms with Gasteiger partial charge in [0, 0.05) is 11.8 Å². The van der Waals surface area contributed by atoms with E-state index in [2.05, 4.69) is 33.7 Å². The molecule has 4 heteroatoms. The first-order chi connectivity index (χ1) is 11.4. The summed E-state index contributed by atoms with van der Waals surface area (Å²) in [7, 11) is 0. The number of nitrogens with zero attached hydrogens (tertiary/aromatic N) is 3. The van der Waals surface area contributed by atoms with Crippen LogP contribution in [0.3, 0.4) is 0 Å². The van der Waals surface area contributed by atoms with Crippen LogP contribution in [0, 0.1) is 11.8 Å². The molecule has 1 aromatic carbocycles. The van der Waals surface area contributed by atoms with Gasteiger partial charge in [-0.1, -0.05) is 37.5 Å². The lowest BCUT2D eigenvalue weighted by Crippen LogP contribution is -2.03. The van der Waals surface area contributed by atoms with Crippen molar-refractivity contribution >= 4 is 11.2 Å². The summed E-state index contributed by atoms with van der Waals surface area (Å²) in [5.41, 5.74) is 2.74. The Balaban J connectivity index is 1.98. The van der Waals surface area contributed by atoms with Crippen molar-refractivity contribution in [3.63, 3.8) is 0 Å². The predicted octanol–water partition coefficient (Wildman–Crippen LogP) is 3.60. The minimum absolute atomic E-state index is 0.474. The monoisotopic (exact) mass is 303 g/mol. The van der Waals surface area contributed by atoms with Crippen LogP contribution >= 0.6 is 0 Å². The topological polar surface area (TPSA) is 47.9 Å². The molecule has 3 rings (SSSR count). The Labute approximate surface area is 135 Å². The molecule has 0 spiro atoms. The molecular formula is C19H17N3O. The summed E-state index contributed by atoms with van der Waals surface area (Å²) in [5.74, 6) is 6.63. The molecule has 0 saturated heterocycles. The molecule has 23 heavy (non-hydrogen) atoms. The molecule has 0 unspecified atom stereocenters. The zero-order valence-electron chi connectivity index (χ0n) is 13.0. The summed E-state index contributed by atoms with van der Waals surface area (Å²) in [5, 5.41) is 0. The standard InChI is InChI=1S/C19H17N3O/c1-2-3-14-23-19-17(12-11-15-8-5-4-6-9-15)21-18-16(22-19)10-7-13-20-18/h4-10,13H,2-3,14H2,1H3. The average molecular weight is 303 g/mol. The number of pyridine rings is 1. The molecule has 2 aromatic heterocycles. The number of rotatable bonds is 4. The van der Waals surface area contributed by atoms with E-state index in [1.165, 1.54) is 0 Å². The van der Waals surface area contributed by atoms with Crippen LogP contribution in [0.5, 0.6) is 5.88 Å². The van der Waals surface area contributed by atoms with Crippen LogP contribution in [0.25, 0.3) is 11.2 Å². The SMILES string of the molecule is CCCCOc1nc2cccnc2nc1C#Cc1ccccc1. The molecule has 3 aromatic rings. The van der Waals surface area contributed by atoms with Crippen LogP contribution in [-0.2, 0) is 0 Å². The van der Waals surface area contributed by atoms with Crippen molar-refractivity contribution in [3.8, 4) is 17.7 Å². The highest BCUT2D eigenvalue weighted by atomic mass is 16.5. The minimum atomic E-state index is 0.474. The van der Waals surface area contributed by atoms with Gasteiger partial charge in [0.1, 0.15) is 5.52 Å². The third-order valence-corrected chi connectivity index (χ3v) is 3.24. The van der Waals surface area contributed by atoms with E-state index in [0.29, 0.717) is 29.3 Å². The van der Waals surface area contributed by atoms with Gasteiger partial charge < -0.3 is 4.74 Å². The second kappa shape index (κ2) is 7.37. The van der Waals surface area contributed by atoms with Crippen molar-refractivity contribution in [3.05, 3.63) is 59.9 Å². The Morgan fingerprint density at radius 2 is 1.87 bits per heavy atom. The first kappa shape index (κ1) is 15.0. The molecule has 4 nitrogen and oxygen atoms in total. The van der Waals surface area contributed by atoms with E-state index in [1.54, 1.807) is 6.20 Å². The average Bonchev–Trinajstić information content (AvgIpc) is 2.61. The maximum atomic E-state index is 5.77. The summed E-state index contributed by atoms with van der Waals surface area (Å²) in [6, 6.07) is 13.5. The molecule has 0 aliphatic rings. The molecule has 0 N–H and O–H groups in total. The predicted molar refractivity (Wildman–Crippen MR) is 90.2 cm³/mol. The first-order valence-electron chi connectivity index (χ1n) is 7.69. The number of benzene rings is 1. The quantitative estimate of drug-likeness (QED) is 0.546. The fraction of sp³-hybridized carbons (Fsp3) is 0.211. The molecule has 0 bridgehead atoms. The van der Waals surface area contributed by atoms with Gasteiger partial charge in [-0.15, -0.1) is 0 Å². The summed E-state index contributed by atoms with van der Waals surface area (Å²) in [4.78, 5) is 13.2. The third-order valence-electron chi connectivity index (χ3n) is 3.24. The van der Waals surface area contributed by atoms with Crippen molar-refractivity contribution in [2.45, 2.75) is 19.8 Å². The van der Waals surface area contributed by atoms with Crippen molar-refractivity contribution in [2.75, 3.05) is 6.61 Å². The number of hydrogen-bond donors (Lipinski definition) is 0. The number of fused-ring (bicyclic) bond motifs is 1. The highest BCUT2D eigenvalue weighted by molar-refractivity contribution is 5.71. The van der Waals surface area contributed by atoms with Crippen LogP contribution in [0.2, 0.25) is 0 Å². The summed E-state index contributed by atoms with van der Waals surface area (Å²) in [6.45, 7) is 2.73. The Morgan fingerprint density at radius 1 is 1.00 bits per heavy atom. The van der Waals surface area contributed by atoms with Crippen LogP contribution in [0.4, 0.5) is 0 Å². The zero-order chi connectivity index (χ0) is 15.9. The molecular weight excluding hydrogens is 286 g/mol.